The molecule has 4 aliphatic rings. The number of hydrogen-bond acceptors (Lipinski definition) is 0. The third kappa shape index (κ3) is 2.30. The van der Waals surface area contributed by atoms with E-state index in [-0.39, 0.29) is 0 Å². The average molecular weight is 272 g/mol. The van der Waals surface area contributed by atoms with Crippen LogP contribution in [-0.4, -0.2) is 0 Å². The lowest BCUT2D eigenvalue weighted by Gasteiger charge is -2.05. The highest BCUT2D eigenvalue weighted by atomic mass is 14.6. The first-order valence-electron chi connectivity index (χ1n) is 8.56. The summed E-state index contributed by atoms with van der Waals surface area (Å²) in [5.41, 5.74) is 4.58. The van der Waals surface area contributed by atoms with Crippen LogP contribution in [0.1, 0.15) is 67.2 Å². The monoisotopic (exact) mass is 272 g/mol. The molecule has 2 fully saturated rings. The third-order valence-corrected chi connectivity index (χ3v) is 7.10. The molecular formula is C20H32. The molecular weight excluding hydrogens is 240 g/mol. The highest BCUT2D eigenvalue weighted by Gasteiger charge is 2.57. The number of fused-ring (bicyclic) bond motifs is 2. The van der Waals surface area contributed by atoms with Crippen molar-refractivity contribution in [2.75, 3.05) is 0 Å². The van der Waals surface area contributed by atoms with Gasteiger partial charge in [-0.1, -0.05) is 51.0 Å². The van der Waals surface area contributed by atoms with Gasteiger partial charge in [0.05, 0.1) is 0 Å². The van der Waals surface area contributed by atoms with Crippen LogP contribution in [0.5, 0.6) is 0 Å². The van der Waals surface area contributed by atoms with Crippen LogP contribution in [-0.2, 0) is 0 Å². The molecule has 0 aromatic heterocycles. The summed E-state index contributed by atoms with van der Waals surface area (Å²) < 4.78 is 0. The minimum atomic E-state index is 0.675. The van der Waals surface area contributed by atoms with Gasteiger partial charge < -0.3 is 0 Å². The maximum Gasteiger partial charge on any atom is -0.0286 e. The lowest BCUT2D eigenvalue weighted by atomic mass is 10.0. The normalized spacial score (nSPS) is 42.1. The molecule has 0 spiro atoms. The van der Waals surface area contributed by atoms with Gasteiger partial charge in [-0.25, -0.2) is 0 Å². The molecule has 2 saturated carbocycles. The standard InChI is InChI=1S/2C10H16/c2*1-7-4-5-8-9(6-7)10(8,2)3/h2*4,8-9H,5-6H2,1-3H3. The molecule has 0 amide bonds. The second-order valence-corrected chi connectivity index (χ2v) is 9.05. The van der Waals surface area contributed by atoms with Crippen molar-refractivity contribution in [2.45, 2.75) is 67.2 Å². The van der Waals surface area contributed by atoms with Gasteiger partial charge >= 0.3 is 0 Å². The highest BCUT2D eigenvalue weighted by Crippen LogP contribution is 2.65. The fourth-order valence-corrected chi connectivity index (χ4v) is 4.98. The molecule has 0 nitrogen and oxygen atoms in total. The summed E-state index contributed by atoms with van der Waals surface area (Å²) in [6.45, 7) is 14.2. The molecule has 4 unspecified atom stereocenters. The Balaban J connectivity index is 0.000000121. The van der Waals surface area contributed by atoms with E-state index in [2.05, 4.69) is 53.7 Å². The number of allylic oxidation sites excluding steroid dienone is 4. The largest absolute Gasteiger partial charge is 0.0853 e. The molecule has 0 radical (unpaired) electrons. The lowest BCUT2D eigenvalue weighted by Crippen LogP contribution is -1.90. The van der Waals surface area contributed by atoms with Crippen molar-refractivity contribution < 1.29 is 0 Å². The molecule has 0 aromatic carbocycles. The van der Waals surface area contributed by atoms with Crippen LogP contribution in [0.4, 0.5) is 0 Å². The zero-order chi connectivity index (χ0) is 14.7. The van der Waals surface area contributed by atoms with Crippen molar-refractivity contribution in [1.82, 2.24) is 0 Å². The van der Waals surface area contributed by atoms with Crippen LogP contribution in [0.15, 0.2) is 23.3 Å². The Morgan fingerprint density at radius 2 is 1.05 bits per heavy atom. The zero-order valence-electron chi connectivity index (χ0n) is 14.3. The molecule has 0 saturated heterocycles. The first-order chi connectivity index (χ1) is 9.24. The Kier molecular flexibility index (Phi) is 3.23. The van der Waals surface area contributed by atoms with Gasteiger partial charge in [-0.15, -0.1) is 0 Å². The van der Waals surface area contributed by atoms with Crippen LogP contribution in [0.2, 0.25) is 0 Å². The Morgan fingerprint density at radius 1 is 0.700 bits per heavy atom. The second kappa shape index (κ2) is 4.49. The molecule has 0 aromatic rings. The summed E-state index contributed by atoms with van der Waals surface area (Å²) in [4.78, 5) is 0. The summed E-state index contributed by atoms with van der Waals surface area (Å²) in [7, 11) is 0. The lowest BCUT2D eigenvalue weighted by molar-refractivity contribution is 0.542. The van der Waals surface area contributed by atoms with Crippen LogP contribution >= 0.6 is 0 Å². The summed E-state index contributed by atoms with van der Waals surface area (Å²) in [6, 6.07) is 0. The topological polar surface area (TPSA) is 0 Å². The van der Waals surface area contributed by atoms with Crippen molar-refractivity contribution in [3.05, 3.63) is 23.3 Å². The van der Waals surface area contributed by atoms with E-state index >= 15 is 0 Å². The Morgan fingerprint density at radius 3 is 1.30 bits per heavy atom. The summed E-state index contributed by atoms with van der Waals surface area (Å²) in [5, 5.41) is 0. The van der Waals surface area contributed by atoms with Crippen molar-refractivity contribution in [3.8, 4) is 0 Å². The SMILES string of the molecule is CC1=CCC2C(C1)C2(C)C.CC1=CCC2C(C1)C2(C)C. The van der Waals surface area contributed by atoms with E-state index in [9.17, 15) is 0 Å². The van der Waals surface area contributed by atoms with E-state index in [1.54, 1.807) is 11.1 Å². The average Bonchev–Trinajstić information content (AvgIpc) is 3.12. The van der Waals surface area contributed by atoms with Gasteiger partial charge in [-0.05, 0) is 74.0 Å². The maximum absolute atomic E-state index is 2.43. The molecule has 0 bridgehead atoms. The van der Waals surface area contributed by atoms with E-state index in [1.807, 2.05) is 0 Å². The molecule has 0 heterocycles. The molecule has 4 aliphatic carbocycles. The maximum atomic E-state index is 2.43. The Hall–Kier alpha value is -0.520. The molecule has 4 atom stereocenters. The smallest absolute Gasteiger partial charge is 0.0286 e. The number of hydrogen-bond donors (Lipinski definition) is 0. The van der Waals surface area contributed by atoms with Crippen molar-refractivity contribution >= 4 is 0 Å². The van der Waals surface area contributed by atoms with Crippen molar-refractivity contribution in [3.63, 3.8) is 0 Å². The molecule has 0 heteroatoms. The third-order valence-electron chi connectivity index (χ3n) is 7.10. The summed E-state index contributed by atoms with van der Waals surface area (Å²) >= 11 is 0. The van der Waals surface area contributed by atoms with Gasteiger partial charge in [0.15, 0.2) is 0 Å². The van der Waals surface area contributed by atoms with Crippen molar-refractivity contribution in [1.29, 1.82) is 0 Å². The van der Waals surface area contributed by atoms with Crippen LogP contribution < -0.4 is 0 Å². The van der Waals surface area contributed by atoms with Gasteiger partial charge in [-0.3, -0.25) is 0 Å². The van der Waals surface area contributed by atoms with Crippen LogP contribution in [0.25, 0.3) is 0 Å². The predicted molar refractivity (Wildman–Crippen MR) is 87.5 cm³/mol. The van der Waals surface area contributed by atoms with E-state index < -0.39 is 0 Å². The quantitative estimate of drug-likeness (QED) is 0.475. The molecule has 0 N–H and O–H groups in total. The highest BCUT2D eigenvalue weighted by molar-refractivity contribution is 5.19. The minimum Gasteiger partial charge on any atom is -0.0853 e. The van der Waals surface area contributed by atoms with E-state index in [4.69, 9.17) is 0 Å². The Bertz CT molecular complexity index is 416. The van der Waals surface area contributed by atoms with Crippen LogP contribution in [0, 0.1) is 34.5 Å². The van der Waals surface area contributed by atoms with Gasteiger partial charge in [0.25, 0.3) is 0 Å². The fraction of sp³-hybridized carbons (Fsp3) is 0.800. The fourth-order valence-electron chi connectivity index (χ4n) is 4.98. The molecule has 0 aliphatic heterocycles. The zero-order valence-corrected chi connectivity index (χ0v) is 14.3. The van der Waals surface area contributed by atoms with Gasteiger partial charge in [0, 0.05) is 0 Å². The van der Waals surface area contributed by atoms with Crippen LogP contribution in [0.3, 0.4) is 0 Å². The second-order valence-electron chi connectivity index (χ2n) is 9.05. The van der Waals surface area contributed by atoms with Gasteiger partial charge in [-0.2, -0.15) is 0 Å². The molecule has 20 heavy (non-hydrogen) atoms. The van der Waals surface area contributed by atoms with E-state index in [1.165, 1.54) is 25.7 Å². The summed E-state index contributed by atoms with van der Waals surface area (Å²) in [5.74, 6) is 4.10. The van der Waals surface area contributed by atoms with Gasteiger partial charge in [0.1, 0.15) is 0 Å². The van der Waals surface area contributed by atoms with Gasteiger partial charge in [0.2, 0.25) is 0 Å². The van der Waals surface area contributed by atoms with Crippen molar-refractivity contribution in [2.24, 2.45) is 34.5 Å². The Labute approximate surface area is 125 Å². The summed E-state index contributed by atoms with van der Waals surface area (Å²) in [6.07, 6.45) is 10.3. The first-order valence-corrected chi connectivity index (χ1v) is 8.56. The minimum absolute atomic E-state index is 0.675. The van der Waals surface area contributed by atoms with E-state index in [0.29, 0.717) is 10.8 Å². The van der Waals surface area contributed by atoms with E-state index in [0.717, 1.165) is 23.7 Å². The predicted octanol–water partition coefficient (Wildman–Crippen LogP) is 6.00. The number of rotatable bonds is 0. The molecule has 4 rings (SSSR count). The first kappa shape index (κ1) is 14.4. The molecule has 112 valence electrons.